The van der Waals surface area contributed by atoms with Crippen molar-refractivity contribution >= 4 is 23.9 Å². The van der Waals surface area contributed by atoms with E-state index in [4.69, 9.17) is 9.47 Å². The van der Waals surface area contributed by atoms with Crippen LogP contribution in [0.1, 0.15) is 37.2 Å². The van der Waals surface area contributed by atoms with Gasteiger partial charge in [-0.25, -0.2) is 9.48 Å². The second kappa shape index (κ2) is 14.1. The van der Waals surface area contributed by atoms with Gasteiger partial charge in [-0.05, 0) is 25.5 Å². The Morgan fingerprint density at radius 1 is 1.08 bits per heavy atom. The molecular formula is C26H35N5O8. The predicted molar refractivity (Wildman–Crippen MR) is 139 cm³/mol. The van der Waals surface area contributed by atoms with Crippen molar-refractivity contribution in [2.45, 2.75) is 32.7 Å². The van der Waals surface area contributed by atoms with E-state index in [1.165, 1.54) is 20.5 Å². The van der Waals surface area contributed by atoms with Gasteiger partial charge in [-0.15, -0.1) is 0 Å². The smallest absolute Gasteiger partial charge is 0.409 e. The van der Waals surface area contributed by atoms with Gasteiger partial charge in [0, 0.05) is 51.2 Å². The number of carbonyl (C=O) groups excluding carboxylic acids is 3. The molecule has 0 saturated carbocycles. The molecule has 3 amide bonds. The van der Waals surface area contributed by atoms with Crippen LogP contribution < -0.4 is 10.1 Å². The predicted octanol–water partition coefficient (Wildman–Crippen LogP) is 1.14. The molecule has 1 aliphatic heterocycles. The molecule has 2 aromatic rings. The molecule has 1 aliphatic rings. The molecule has 1 saturated heterocycles. The molecule has 3 rings (SSSR count). The summed E-state index contributed by atoms with van der Waals surface area (Å²) in [6.07, 6.45) is -0.902. The standard InChI is InChI=1S/C26H35N5O8/c1-3-38-26(37)30-13-11-29(12-14-30)25(36)20(9-10-23(33)34)27-24(35)21-15-22(39-17-18(2)16-32)31(28-21)19-7-5-4-6-8-19/h4-8,15,18,20,32H,3,9-14,16-17H2,1-2H3,(H,27,35)(H,33,34)/t18-,20+/m1/s1. The molecule has 1 fully saturated rings. The summed E-state index contributed by atoms with van der Waals surface area (Å²) >= 11 is 0. The minimum absolute atomic E-state index is 0.0224. The summed E-state index contributed by atoms with van der Waals surface area (Å²) in [6, 6.07) is 9.34. The minimum atomic E-state index is -1.11. The van der Waals surface area contributed by atoms with E-state index in [1.54, 1.807) is 31.2 Å². The van der Waals surface area contributed by atoms with Crippen LogP contribution in [0, 0.1) is 5.92 Å². The van der Waals surface area contributed by atoms with Crippen LogP contribution in [0.4, 0.5) is 4.79 Å². The summed E-state index contributed by atoms with van der Waals surface area (Å²) in [5, 5.41) is 25.5. The lowest BCUT2D eigenvalue weighted by atomic mass is 10.1. The highest BCUT2D eigenvalue weighted by Gasteiger charge is 2.31. The van der Waals surface area contributed by atoms with Gasteiger partial charge >= 0.3 is 12.1 Å². The SMILES string of the molecule is CCOC(=O)N1CCN(C(=O)[C@H](CCC(=O)O)NC(=O)c2cc(OC[C@H](C)CO)n(-c3ccccc3)n2)CC1. The third kappa shape index (κ3) is 8.18. The summed E-state index contributed by atoms with van der Waals surface area (Å²) in [5.41, 5.74) is 0.618. The molecule has 0 bridgehead atoms. The van der Waals surface area contributed by atoms with E-state index in [-0.39, 0.29) is 76.3 Å². The fourth-order valence-corrected chi connectivity index (χ4v) is 3.91. The Hall–Kier alpha value is -4.13. The Kier molecular flexibility index (Phi) is 10.7. The number of aliphatic carboxylic acids is 1. The second-order valence-electron chi connectivity index (χ2n) is 9.18. The molecule has 1 aromatic heterocycles. The fraction of sp³-hybridized carbons (Fsp3) is 0.500. The Balaban J connectivity index is 1.76. The lowest BCUT2D eigenvalue weighted by Gasteiger charge is -2.35. The van der Waals surface area contributed by atoms with Gasteiger partial charge in [-0.1, -0.05) is 25.1 Å². The molecule has 13 nitrogen and oxygen atoms in total. The third-order valence-corrected chi connectivity index (χ3v) is 6.11. The van der Waals surface area contributed by atoms with E-state index in [9.17, 15) is 29.4 Å². The molecule has 1 aromatic carbocycles. The molecule has 0 radical (unpaired) electrons. The number of carbonyl (C=O) groups is 4. The number of hydrogen-bond acceptors (Lipinski definition) is 8. The summed E-state index contributed by atoms with van der Waals surface area (Å²) < 4.78 is 12.3. The van der Waals surface area contributed by atoms with E-state index >= 15 is 0 Å². The lowest BCUT2D eigenvalue weighted by Crippen LogP contribution is -2.56. The van der Waals surface area contributed by atoms with Gasteiger partial charge < -0.3 is 34.8 Å². The Labute approximate surface area is 226 Å². The maximum atomic E-state index is 13.3. The highest BCUT2D eigenvalue weighted by Crippen LogP contribution is 2.21. The largest absolute Gasteiger partial charge is 0.481 e. The van der Waals surface area contributed by atoms with Crippen LogP contribution in [-0.2, 0) is 14.3 Å². The number of amides is 3. The van der Waals surface area contributed by atoms with Crippen LogP contribution >= 0.6 is 0 Å². The highest BCUT2D eigenvalue weighted by molar-refractivity contribution is 5.96. The number of piperazine rings is 1. The number of aliphatic hydroxyl groups is 1. The zero-order chi connectivity index (χ0) is 28.4. The third-order valence-electron chi connectivity index (χ3n) is 6.11. The van der Waals surface area contributed by atoms with Gasteiger partial charge in [0.15, 0.2) is 5.69 Å². The van der Waals surface area contributed by atoms with E-state index in [2.05, 4.69) is 10.4 Å². The second-order valence-corrected chi connectivity index (χ2v) is 9.18. The van der Waals surface area contributed by atoms with E-state index in [0.717, 1.165) is 0 Å². The topological polar surface area (TPSA) is 164 Å². The van der Waals surface area contributed by atoms with Crippen molar-refractivity contribution in [1.82, 2.24) is 24.9 Å². The zero-order valence-electron chi connectivity index (χ0n) is 22.1. The van der Waals surface area contributed by atoms with Crippen LogP contribution in [0.15, 0.2) is 36.4 Å². The minimum Gasteiger partial charge on any atom is -0.481 e. The summed E-state index contributed by atoms with van der Waals surface area (Å²) in [6.45, 7) is 4.85. The number of nitrogens with one attached hydrogen (secondary N) is 1. The van der Waals surface area contributed by atoms with E-state index in [0.29, 0.717) is 5.69 Å². The first-order chi connectivity index (χ1) is 18.7. The Morgan fingerprint density at radius 3 is 2.36 bits per heavy atom. The number of aliphatic hydroxyl groups excluding tert-OH is 1. The zero-order valence-corrected chi connectivity index (χ0v) is 22.1. The summed E-state index contributed by atoms with van der Waals surface area (Å²) in [5.74, 6) is -2.09. The number of hydrogen-bond donors (Lipinski definition) is 3. The van der Waals surface area contributed by atoms with Gasteiger partial charge in [0.2, 0.25) is 11.8 Å². The summed E-state index contributed by atoms with van der Waals surface area (Å²) in [7, 11) is 0. The number of benzene rings is 1. The van der Waals surface area contributed by atoms with Crippen LogP contribution in [0.2, 0.25) is 0 Å². The average molecular weight is 546 g/mol. The van der Waals surface area contributed by atoms with Crippen molar-refractivity contribution in [1.29, 1.82) is 0 Å². The molecule has 2 atom stereocenters. The van der Waals surface area contributed by atoms with E-state index in [1.807, 2.05) is 13.0 Å². The van der Waals surface area contributed by atoms with Crippen LogP contribution in [0.25, 0.3) is 5.69 Å². The van der Waals surface area contributed by atoms with Crippen LogP contribution in [0.3, 0.4) is 0 Å². The van der Waals surface area contributed by atoms with Crippen LogP contribution in [0.5, 0.6) is 5.88 Å². The molecule has 212 valence electrons. The Bertz CT molecular complexity index is 1130. The highest BCUT2D eigenvalue weighted by atomic mass is 16.6. The number of carboxylic acid groups (broad SMARTS) is 1. The lowest BCUT2D eigenvalue weighted by molar-refractivity contribution is -0.138. The van der Waals surface area contributed by atoms with Crippen molar-refractivity contribution in [3.05, 3.63) is 42.1 Å². The van der Waals surface area contributed by atoms with Crippen molar-refractivity contribution < 1.29 is 38.9 Å². The monoisotopic (exact) mass is 545 g/mol. The first-order valence-electron chi connectivity index (χ1n) is 12.9. The molecule has 39 heavy (non-hydrogen) atoms. The molecule has 2 heterocycles. The van der Waals surface area contributed by atoms with E-state index < -0.39 is 29.9 Å². The summed E-state index contributed by atoms with van der Waals surface area (Å²) in [4.78, 5) is 52.7. The van der Waals surface area contributed by atoms with Gasteiger partial charge in [0.05, 0.1) is 18.9 Å². The molecular weight excluding hydrogens is 510 g/mol. The van der Waals surface area contributed by atoms with Crippen molar-refractivity contribution in [2.24, 2.45) is 5.92 Å². The van der Waals surface area contributed by atoms with Crippen molar-refractivity contribution in [2.75, 3.05) is 46.0 Å². The van der Waals surface area contributed by atoms with Crippen molar-refractivity contribution in [3.8, 4) is 11.6 Å². The van der Waals surface area contributed by atoms with Gasteiger partial charge in [-0.3, -0.25) is 14.4 Å². The maximum Gasteiger partial charge on any atom is 0.409 e. The number of carboxylic acids is 1. The number of para-hydroxylation sites is 1. The molecule has 3 N–H and O–H groups in total. The molecule has 0 spiro atoms. The quantitative estimate of drug-likeness (QED) is 0.355. The maximum absolute atomic E-state index is 13.3. The first-order valence-corrected chi connectivity index (χ1v) is 12.9. The molecule has 13 heteroatoms. The Morgan fingerprint density at radius 2 is 1.74 bits per heavy atom. The normalized spacial score (nSPS) is 14.8. The van der Waals surface area contributed by atoms with Gasteiger partial charge in [-0.2, -0.15) is 5.10 Å². The van der Waals surface area contributed by atoms with Gasteiger partial charge in [0.25, 0.3) is 5.91 Å². The molecule has 0 aliphatic carbocycles. The average Bonchev–Trinajstić information content (AvgIpc) is 3.38. The number of nitrogens with zero attached hydrogens (tertiary/aromatic N) is 4. The number of rotatable bonds is 12. The van der Waals surface area contributed by atoms with Crippen LogP contribution in [-0.4, -0.2) is 106 Å². The first kappa shape index (κ1) is 29.4. The molecule has 0 unspecified atom stereocenters. The number of ether oxygens (including phenoxy) is 2. The number of aromatic nitrogens is 2. The fourth-order valence-electron chi connectivity index (χ4n) is 3.91. The van der Waals surface area contributed by atoms with Crippen molar-refractivity contribution in [3.63, 3.8) is 0 Å². The van der Waals surface area contributed by atoms with Gasteiger partial charge in [0.1, 0.15) is 6.04 Å².